The largest absolute Gasteiger partial charge is 0.495 e. The Balaban J connectivity index is 2.47. The molecule has 0 unspecified atom stereocenters. The maximum absolute atomic E-state index is 8.63. The van der Waals surface area contributed by atoms with E-state index in [4.69, 9.17) is 9.84 Å². The molecule has 0 amide bonds. The summed E-state index contributed by atoms with van der Waals surface area (Å²) < 4.78 is 6.14. The maximum Gasteiger partial charge on any atom is 0.135 e. The van der Waals surface area contributed by atoms with Crippen LogP contribution in [-0.4, -0.2) is 25.4 Å². The predicted molar refractivity (Wildman–Crippen MR) is 65.5 cm³/mol. The van der Waals surface area contributed by atoms with E-state index >= 15 is 0 Å². The fraction of sp³-hybridized carbons (Fsp3) is 0.455. The molecule has 0 atom stereocenters. The van der Waals surface area contributed by atoms with Gasteiger partial charge in [-0.15, -0.1) is 0 Å². The molecule has 84 valence electrons. The highest BCUT2D eigenvalue weighted by Gasteiger charge is 2.00. The number of hydrogen-bond acceptors (Lipinski definition) is 3. The molecular formula is C11H16BrNO2. The van der Waals surface area contributed by atoms with Gasteiger partial charge < -0.3 is 15.2 Å². The van der Waals surface area contributed by atoms with E-state index in [-0.39, 0.29) is 6.61 Å². The summed E-state index contributed by atoms with van der Waals surface area (Å²) in [7, 11) is 1.65. The van der Waals surface area contributed by atoms with E-state index in [1.807, 2.05) is 18.2 Å². The summed E-state index contributed by atoms with van der Waals surface area (Å²) in [5.41, 5.74) is 1.04. The van der Waals surface area contributed by atoms with E-state index in [9.17, 15) is 0 Å². The Hall–Kier alpha value is -0.740. The van der Waals surface area contributed by atoms with Crippen molar-refractivity contribution in [2.24, 2.45) is 0 Å². The van der Waals surface area contributed by atoms with Crippen LogP contribution in [0.15, 0.2) is 22.7 Å². The molecule has 1 aromatic carbocycles. The highest BCUT2D eigenvalue weighted by Crippen LogP contribution is 2.27. The number of halogens is 1. The molecule has 0 heterocycles. The summed E-state index contributed by atoms with van der Waals surface area (Å²) in [6.45, 7) is 1.12. The number of anilines is 1. The highest BCUT2D eigenvalue weighted by molar-refractivity contribution is 9.10. The van der Waals surface area contributed by atoms with Crippen LogP contribution >= 0.6 is 15.9 Å². The lowest BCUT2D eigenvalue weighted by Crippen LogP contribution is -2.02. The first-order valence-electron chi connectivity index (χ1n) is 4.96. The van der Waals surface area contributed by atoms with E-state index in [0.717, 1.165) is 35.3 Å². The summed E-state index contributed by atoms with van der Waals surface area (Å²) in [4.78, 5) is 0. The number of aliphatic hydroxyl groups is 1. The van der Waals surface area contributed by atoms with Gasteiger partial charge in [0.25, 0.3) is 0 Å². The van der Waals surface area contributed by atoms with Crippen LogP contribution in [0.5, 0.6) is 5.75 Å². The third kappa shape index (κ3) is 4.10. The number of unbranched alkanes of at least 4 members (excludes halogenated alkanes) is 1. The molecular weight excluding hydrogens is 258 g/mol. The lowest BCUT2D eigenvalue weighted by atomic mass is 10.2. The third-order valence-corrected chi connectivity index (χ3v) is 2.72. The maximum atomic E-state index is 8.63. The fourth-order valence-electron chi connectivity index (χ4n) is 1.24. The summed E-state index contributed by atoms with van der Waals surface area (Å²) in [5.74, 6) is 0.821. The first-order chi connectivity index (χ1) is 7.27. The molecule has 1 rings (SSSR count). The minimum Gasteiger partial charge on any atom is -0.495 e. The Bertz CT molecular complexity index is 305. The van der Waals surface area contributed by atoms with Crippen molar-refractivity contribution in [1.82, 2.24) is 0 Å². The molecule has 0 saturated carbocycles. The number of rotatable bonds is 6. The van der Waals surface area contributed by atoms with Gasteiger partial charge in [0, 0.05) is 24.9 Å². The molecule has 2 N–H and O–H groups in total. The molecule has 0 saturated heterocycles. The van der Waals surface area contributed by atoms with Crippen molar-refractivity contribution in [3.05, 3.63) is 22.7 Å². The van der Waals surface area contributed by atoms with Crippen LogP contribution in [-0.2, 0) is 0 Å². The van der Waals surface area contributed by atoms with Crippen molar-refractivity contribution in [1.29, 1.82) is 0 Å². The van der Waals surface area contributed by atoms with Gasteiger partial charge in [-0.3, -0.25) is 0 Å². The smallest absolute Gasteiger partial charge is 0.135 e. The zero-order valence-corrected chi connectivity index (χ0v) is 10.4. The molecule has 0 bridgehead atoms. The van der Waals surface area contributed by atoms with Crippen molar-refractivity contribution in [3.8, 4) is 5.75 Å². The molecule has 0 radical (unpaired) electrons. The average Bonchev–Trinajstić information content (AvgIpc) is 2.26. The van der Waals surface area contributed by atoms with Crippen LogP contribution in [0.3, 0.4) is 0 Å². The zero-order chi connectivity index (χ0) is 11.1. The van der Waals surface area contributed by atoms with E-state index in [1.165, 1.54) is 0 Å². The lowest BCUT2D eigenvalue weighted by Gasteiger charge is -2.08. The van der Waals surface area contributed by atoms with Crippen molar-refractivity contribution in [3.63, 3.8) is 0 Å². The van der Waals surface area contributed by atoms with Crippen LogP contribution in [0.4, 0.5) is 5.69 Å². The molecule has 0 aliphatic carbocycles. The van der Waals surface area contributed by atoms with Crippen molar-refractivity contribution in [2.75, 3.05) is 25.6 Å². The summed E-state index contributed by atoms with van der Waals surface area (Å²) >= 11 is 3.40. The molecule has 15 heavy (non-hydrogen) atoms. The first-order valence-corrected chi connectivity index (χ1v) is 5.75. The van der Waals surface area contributed by atoms with E-state index in [0.29, 0.717) is 0 Å². The molecule has 4 heteroatoms. The predicted octanol–water partition coefficient (Wildman–Crippen LogP) is 2.64. The Morgan fingerprint density at radius 1 is 1.40 bits per heavy atom. The van der Waals surface area contributed by atoms with Crippen LogP contribution < -0.4 is 10.1 Å². The Labute approximate surface area is 98.6 Å². The Morgan fingerprint density at radius 2 is 2.20 bits per heavy atom. The molecule has 0 aliphatic rings. The van der Waals surface area contributed by atoms with Crippen LogP contribution in [0.1, 0.15) is 12.8 Å². The Kier molecular flexibility index (Phi) is 5.50. The number of nitrogens with one attached hydrogen (secondary N) is 1. The van der Waals surface area contributed by atoms with Gasteiger partial charge >= 0.3 is 0 Å². The van der Waals surface area contributed by atoms with E-state index < -0.39 is 0 Å². The second kappa shape index (κ2) is 6.69. The van der Waals surface area contributed by atoms with Gasteiger partial charge in [-0.2, -0.15) is 0 Å². The molecule has 0 spiro atoms. The van der Waals surface area contributed by atoms with Crippen molar-refractivity contribution >= 4 is 21.6 Å². The van der Waals surface area contributed by atoms with Gasteiger partial charge in [-0.1, -0.05) is 0 Å². The van der Waals surface area contributed by atoms with Gasteiger partial charge in [-0.25, -0.2) is 0 Å². The van der Waals surface area contributed by atoms with Crippen molar-refractivity contribution < 1.29 is 9.84 Å². The zero-order valence-electron chi connectivity index (χ0n) is 8.79. The molecule has 0 aliphatic heterocycles. The monoisotopic (exact) mass is 273 g/mol. The first kappa shape index (κ1) is 12.3. The van der Waals surface area contributed by atoms with Gasteiger partial charge in [0.15, 0.2) is 0 Å². The Morgan fingerprint density at radius 3 is 2.87 bits per heavy atom. The van der Waals surface area contributed by atoms with Crippen LogP contribution in [0.25, 0.3) is 0 Å². The second-order valence-electron chi connectivity index (χ2n) is 3.21. The third-order valence-electron chi connectivity index (χ3n) is 2.07. The molecule has 0 fully saturated rings. The standard InChI is InChI=1S/C11H16BrNO2/c1-15-11-8-9(4-5-10(11)12)13-6-2-3-7-14/h4-5,8,13-14H,2-3,6-7H2,1H3. The number of benzene rings is 1. The highest BCUT2D eigenvalue weighted by atomic mass is 79.9. The number of hydrogen-bond donors (Lipinski definition) is 2. The average molecular weight is 274 g/mol. The van der Waals surface area contributed by atoms with Crippen LogP contribution in [0.2, 0.25) is 0 Å². The normalized spacial score (nSPS) is 10.1. The molecule has 1 aromatic rings. The lowest BCUT2D eigenvalue weighted by molar-refractivity contribution is 0.286. The van der Waals surface area contributed by atoms with E-state index in [2.05, 4.69) is 21.2 Å². The number of aliphatic hydroxyl groups excluding tert-OH is 1. The van der Waals surface area contributed by atoms with Gasteiger partial charge in [0.2, 0.25) is 0 Å². The topological polar surface area (TPSA) is 41.5 Å². The van der Waals surface area contributed by atoms with Gasteiger partial charge in [-0.05, 0) is 40.9 Å². The second-order valence-corrected chi connectivity index (χ2v) is 4.06. The minimum atomic E-state index is 0.255. The van der Waals surface area contributed by atoms with Crippen molar-refractivity contribution in [2.45, 2.75) is 12.8 Å². The summed E-state index contributed by atoms with van der Waals surface area (Å²) in [5, 5.41) is 11.9. The molecule has 0 aromatic heterocycles. The SMILES string of the molecule is COc1cc(NCCCCO)ccc1Br. The summed E-state index contributed by atoms with van der Waals surface area (Å²) in [6.07, 6.45) is 1.80. The number of methoxy groups -OCH3 is 1. The minimum absolute atomic E-state index is 0.255. The summed E-state index contributed by atoms with van der Waals surface area (Å²) in [6, 6.07) is 5.89. The van der Waals surface area contributed by atoms with E-state index in [1.54, 1.807) is 7.11 Å². The quantitative estimate of drug-likeness (QED) is 0.783. The van der Waals surface area contributed by atoms with Gasteiger partial charge in [0.05, 0.1) is 11.6 Å². The van der Waals surface area contributed by atoms with Crippen LogP contribution in [0, 0.1) is 0 Å². The fourth-order valence-corrected chi connectivity index (χ4v) is 1.65. The molecule has 3 nitrogen and oxygen atoms in total. The van der Waals surface area contributed by atoms with Gasteiger partial charge in [0.1, 0.15) is 5.75 Å². The number of ether oxygens (including phenoxy) is 1.